The summed E-state index contributed by atoms with van der Waals surface area (Å²) in [4.78, 5) is 29.8. The fraction of sp³-hybridized carbons (Fsp3) is 0.222. The first kappa shape index (κ1) is 17.3. The number of fused-ring (bicyclic) bond motifs is 1. The van der Waals surface area contributed by atoms with Crippen LogP contribution in [0, 0.1) is 13.8 Å². The van der Waals surface area contributed by atoms with Crippen LogP contribution in [-0.4, -0.2) is 21.0 Å². The first-order valence-corrected chi connectivity index (χ1v) is 5.05. The molecule has 0 fully saturated rings. The summed E-state index contributed by atoms with van der Waals surface area (Å²) < 4.78 is 0. The molecule has 2 rings (SSSR count). The molecule has 0 unspecified atom stereocenters. The van der Waals surface area contributed by atoms with E-state index in [2.05, 4.69) is 9.97 Å². The van der Waals surface area contributed by atoms with Gasteiger partial charge < -0.3 is 12.9 Å². The molecule has 2 heterocycles. The molecule has 0 radical (unpaired) electrons. The number of aromatic nitrogens is 2. The van der Waals surface area contributed by atoms with E-state index < -0.39 is 5.97 Å². The van der Waals surface area contributed by atoms with Crippen LogP contribution in [0.1, 0.15) is 23.9 Å². The van der Waals surface area contributed by atoms with Crippen molar-refractivity contribution in [2.75, 3.05) is 0 Å². The summed E-state index contributed by atoms with van der Waals surface area (Å²) in [5.41, 5.74) is 0.472. The quantitative estimate of drug-likeness (QED) is 0.513. The third kappa shape index (κ3) is 3.20. The Morgan fingerprint density at radius 1 is 1.41 bits per heavy atom. The van der Waals surface area contributed by atoms with Gasteiger partial charge in [-0.3, -0.25) is 4.79 Å². The summed E-state index contributed by atoms with van der Waals surface area (Å²) >= 11 is 1.33. The molecule has 0 spiro atoms. The number of aromatic carboxylic acids is 1. The molecule has 0 aliphatic heterocycles. The van der Waals surface area contributed by atoms with E-state index in [-0.39, 0.29) is 73.4 Å². The summed E-state index contributed by atoms with van der Waals surface area (Å²) in [5, 5.41) is 9.21. The molecule has 2 aromatic heterocycles. The van der Waals surface area contributed by atoms with Crippen LogP contribution in [0.4, 0.5) is 0 Å². The van der Waals surface area contributed by atoms with E-state index >= 15 is 0 Å². The number of carboxylic acids is 1. The van der Waals surface area contributed by atoms with Gasteiger partial charge in [-0.15, -0.1) is 11.3 Å². The smallest absolute Gasteiger partial charge is 1.00 e. The maximum Gasteiger partial charge on any atom is 1.00 e. The maximum atomic E-state index is 11.6. The van der Waals surface area contributed by atoms with Crippen molar-refractivity contribution in [2.24, 2.45) is 0 Å². The van der Waals surface area contributed by atoms with E-state index in [1.807, 2.05) is 13.8 Å². The average Bonchev–Trinajstić information content (AvgIpc) is 2.42. The average molecular weight is 272 g/mol. The van der Waals surface area contributed by atoms with E-state index in [4.69, 9.17) is 5.11 Å². The van der Waals surface area contributed by atoms with Crippen molar-refractivity contribution >= 4 is 27.5 Å². The third-order valence-corrected chi connectivity index (χ3v) is 3.34. The molecule has 0 saturated carbocycles. The second kappa shape index (κ2) is 6.47. The molecule has 0 aliphatic rings. The molecule has 0 bridgehead atoms. The Balaban J connectivity index is -0.000000640. The summed E-state index contributed by atoms with van der Waals surface area (Å²) in [6.07, 6.45) is 0. The Labute approximate surface area is 148 Å². The predicted octanol–water partition coefficient (Wildman–Crippen LogP) is -4.47. The monoisotopic (exact) mass is 272 g/mol. The van der Waals surface area contributed by atoms with Gasteiger partial charge in [-0.25, -0.2) is 9.78 Å². The number of aromatic amines is 1. The first-order chi connectivity index (χ1) is 7.00. The number of carboxylic acid groups (broad SMARTS) is 1. The molecule has 2 aromatic rings. The summed E-state index contributed by atoms with van der Waals surface area (Å²) in [7, 11) is 0. The standard InChI is InChI=1S/C9H8N2O3S.2Na.2H/c1-3-4(2)15-8-5(3)7(12)10-6(11-8)9(13)14;;;;/h1-2H3,(H,13,14)(H,10,11,12);;;;/q;2*+1;2*-1. The molecular weight excluding hydrogens is 262 g/mol. The Hall–Kier alpha value is 0.310. The van der Waals surface area contributed by atoms with Gasteiger partial charge >= 0.3 is 65.1 Å². The van der Waals surface area contributed by atoms with Gasteiger partial charge in [0.2, 0.25) is 5.82 Å². The minimum absolute atomic E-state index is 0. The number of hydrogen-bond donors (Lipinski definition) is 2. The minimum atomic E-state index is -1.22. The zero-order valence-corrected chi connectivity index (χ0v) is 14.9. The van der Waals surface area contributed by atoms with E-state index in [1.54, 1.807) is 0 Å². The topological polar surface area (TPSA) is 83.0 Å². The SMILES string of the molecule is Cc1sc2nc(C(=O)O)[nH]c(=O)c2c1C.[H-].[H-].[Na+].[Na+]. The van der Waals surface area contributed by atoms with Crippen molar-refractivity contribution in [3.05, 3.63) is 26.6 Å². The number of H-pyrrole nitrogens is 1. The third-order valence-electron chi connectivity index (χ3n) is 2.24. The van der Waals surface area contributed by atoms with Crippen molar-refractivity contribution in [2.45, 2.75) is 13.8 Å². The van der Waals surface area contributed by atoms with Crippen LogP contribution in [-0.2, 0) is 0 Å². The Morgan fingerprint density at radius 2 is 2.00 bits per heavy atom. The van der Waals surface area contributed by atoms with Crippen LogP contribution >= 0.6 is 11.3 Å². The van der Waals surface area contributed by atoms with E-state index in [0.29, 0.717) is 10.2 Å². The van der Waals surface area contributed by atoms with Gasteiger partial charge in [-0.05, 0) is 19.4 Å². The van der Waals surface area contributed by atoms with E-state index in [0.717, 1.165) is 10.4 Å². The normalized spacial score (nSPS) is 9.53. The molecule has 0 aliphatic carbocycles. The van der Waals surface area contributed by atoms with Crippen molar-refractivity contribution in [3.63, 3.8) is 0 Å². The van der Waals surface area contributed by atoms with Crippen LogP contribution < -0.4 is 64.7 Å². The van der Waals surface area contributed by atoms with Crippen molar-refractivity contribution in [3.8, 4) is 0 Å². The molecule has 0 amide bonds. The molecule has 0 saturated heterocycles. The number of hydrogen-bond acceptors (Lipinski definition) is 4. The molecule has 5 nitrogen and oxygen atoms in total. The zero-order chi connectivity index (χ0) is 11.2. The number of aryl methyl sites for hydroxylation is 2. The van der Waals surface area contributed by atoms with Crippen molar-refractivity contribution in [1.82, 2.24) is 9.97 Å². The van der Waals surface area contributed by atoms with Crippen LogP contribution in [0.2, 0.25) is 0 Å². The summed E-state index contributed by atoms with van der Waals surface area (Å²) in [6.45, 7) is 3.70. The van der Waals surface area contributed by atoms with Gasteiger partial charge in [0.15, 0.2) is 0 Å². The molecule has 17 heavy (non-hydrogen) atoms. The van der Waals surface area contributed by atoms with Crippen LogP contribution in [0.25, 0.3) is 10.2 Å². The first-order valence-electron chi connectivity index (χ1n) is 4.24. The van der Waals surface area contributed by atoms with Gasteiger partial charge in [0.1, 0.15) is 4.83 Å². The Morgan fingerprint density at radius 3 is 2.53 bits per heavy atom. The number of nitrogens with one attached hydrogen (secondary N) is 1. The van der Waals surface area contributed by atoms with E-state index in [1.165, 1.54) is 11.3 Å². The van der Waals surface area contributed by atoms with Crippen molar-refractivity contribution < 1.29 is 71.9 Å². The van der Waals surface area contributed by atoms with Crippen LogP contribution in [0.15, 0.2) is 4.79 Å². The van der Waals surface area contributed by atoms with Gasteiger partial charge in [-0.1, -0.05) is 0 Å². The summed E-state index contributed by atoms with van der Waals surface area (Å²) in [5.74, 6) is -1.54. The zero-order valence-electron chi connectivity index (χ0n) is 12.1. The fourth-order valence-corrected chi connectivity index (χ4v) is 2.39. The summed E-state index contributed by atoms with van der Waals surface area (Å²) in [6, 6.07) is 0. The molecule has 82 valence electrons. The Kier molecular flexibility index (Phi) is 6.59. The molecule has 0 atom stereocenters. The van der Waals surface area contributed by atoms with Crippen LogP contribution in [0.5, 0.6) is 0 Å². The van der Waals surface area contributed by atoms with Gasteiger partial charge in [0.25, 0.3) is 5.56 Å². The second-order valence-electron chi connectivity index (χ2n) is 3.18. The number of thiophene rings is 1. The molecule has 2 N–H and O–H groups in total. The molecule has 0 aromatic carbocycles. The Bertz CT molecular complexity index is 630. The number of nitrogens with zero attached hydrogens (tertiary/aromatic N) is 1. The number of carbonyl (C=O) groups is 1. The van der Waals surface area contributed by atoms with Gasteiger partial charge in [0, 0.05) is 4.88 Å². The fourth-order valence-electron chi connectivity index (χ4n) is 1.36. The van der Waals surface area contributed by atoms with Crippen LogP contribution in [0.3, 0.4) is 0 Å². The number of rotatable bonds is 1. The molecular formula is C9H10N2Na2O3S. The maximum absolute atomic E-state index is 11.6. The van der Waals surface area contributed by atoms with Crippen molar-refractivity contribution in [1.29, 1.82) is 0 Å². The minimum Gasteiger partial charge on any atom is -1.00 e. The predicted molar refractivity (Wildman–Crippen MR) is 58.9 cm³/mol. The van der Waals surface area contributed by atoms with Gasteiger partial charge in [-0.2, -0.15) is 0 Å². The molecule has 8 heteroatoms. The second-order valence-corrected chi connectivity index (χ2v) is 4.39. The van der Waals surface area contributed by atoms with Gasteiger partial charge in [0.05, 0.1) is 5.39 Å². The largest absolute Gasteiger partial charge is 1.00 e. The van der Waals surface area contributed by atoms with E-state index in [9.17, 15) is 9.59 Å².